The van der Waals surface area contributed by atoms with Crippen molar-refractivity contribution in [3.63, 3.8) is 0 Å². The number of hydrogen-bond donors (Lipinski definition) is 0. The molecule has 1 aromatic rings. The van der Waals surface area contributed by atoms with Crippen LogP contribution in [-0.4, -0.2) is 35.1 Å². The van der Waals surface area contributed by atoms with Gasteiger partial charge in [-0.1, -0.05) is 18.5 Å². The number of rotatable bonds is 5. The molecule has 0 aliphatic carbocycles. The van der Waals surface area contributed by atoms with Gasteiger partial charge in [0, 0.05) is 24.9 Å². The number of halogens is 4. The fourth-order valence-corrected chi connectivity index (χ4v) is 2.62. The monoisotopic (exact) mass is 313 g/mol. The van der Waals surface area contributed by atoms with E-state index in [9.17, 15) is 13.2 Å². The van der Waals surface area contributed by atoms with Crippen molar-refractivity contribution in [1.29, 1.82) is 0 Å². The Labute approximate surface area is 119 Å². The van der Waals surface area contributed by atoms with E-state index in [1.807, 2.05) is 13.2 Å². The Balaban J connectivity index is 3.09. The van der Waals surface area contributed by atoms with Crippen molar-refractivity contribution < 1.29 is 13.2 Å². The summed E-state index contributed by atoms with van der Waals surface area (Å²) in [7, 11) is 1.71. The molecule has 0 saturated heterocycles. The summed E-state index contributed by atoms with van der Waals surface area (Å²) in [6.07, 6.45) is -1.84. The Morgan fingerprint density at radius 2 is 2.05 bits per heavy atom. The Kier molecular flexibility index (Phi) is 5.73. The van der Waals surface area contributed by atoms with Gasteiger partial charge in [-0.15, -0.1) is 0 Å². The molecule has 0 N–H and O–H groups in total. The van der Waals surface area contributed by atoms with Gasteiger partial charge in [-0.3, -0.25) is 0 Å². The van der Waals surface area contributed by atoms with Crippen LogP contribution in [0.4, 0.5) is 19.0 Å². The Hall–Kier alpha value is -0.690. The predicted molar refractivity (Wildman–Crippen MR) is 72.9 cm³/mol. The van der Waals surface area contributed by atoms with Crippen molar-refractivity contribution in [3.8, 4) is 0 Å². The highest BCUT2D eigenvalue weighted by molar-refractivity contribution is 7.98. The molecule has 1 rings (SSSR count). The molecular weight excluding hydrogens is 299 g/mol. The SMILES string of the molecule is CCC(CSC)N(C)c1cc(Cl)nc(C(F)(F)F)n1. The van der Waals surface area contributed by atoms with Gasteiger partial charge in [0.25, 0.3) is 0 Å². The van der Waals surface area contributed by atoms with Crippen LogP contribution in [0, 0.1) is 0 Å². The van der Waals surface area contributed by atoms with Crippen molar-refractivity contribution in [2.24, 2.45) is 0 Å². The van der Waals surface area contributed by atoms with Gasteiger partial charge in [-0.25, -0.2) is 9.97 Å². The highest BCUT2D eigenvalue weighted by Gasteiger charge is 2.35. The fourth-order valence-electron chi connectivity index (χ4n) is 1.60. The molecule has 0 aliphatic heterocycles. The van der Waals surface area contributed by atoms with E-state index in [4.69, 9.17) is 11.6 Å². The lowest BCUT2D eigenvalue weighted by molar-refractivity contribution is -0.144. The molecule has 19 heavy (non-hydrogen) atoms. The summed E-state index contributed by atoms with van der Waals surface area (Å²) >= 11 is 7.27. The van der Waals surface area contributed by atoms with E-state index >= 15 is 0 Å². The Bertz CT molecular complexity index is 428. The molecule has 8 heteroatoms. The first-order chi connectivity index (χ1) is 8.79. The zero-order valence-corrected chi connectivity index (χ0v) is 12.4. The van der Waals surface area contributed by atoms with Gasteiger partial charge < -0.3 is 4.90 Å². The summed E-state index contributed by atoms with van der Waals surface area (Å²) in [5.41, 5.74) is 0. The number of nitrogens with zero attached hydrogens (tertiary/aromatic N) is 3. The fraction of sp³-hybridized carbons (Fsp3) is 0.636. The molecule has 0 bridgehead atoms. The average molecular weight is 314 g/mol. The summed E-state index contributed by atoms with van der Waals surface area (Å²) in [5, 5.41) is -0.205. The number of alkyl halides is 3. The zero-order valence-electron chi connectivity index (χ0n) is 10.8. The molecule has 1 unspecified atom stereocenters. The summed E-state index contributed by atoms with van der Waals surface area (Å²) in [6, 6.07) is 1.45. The quantitative estimate of drug-likeness (QED) is 0.775. The second-order valence-corrected chi connectivity index (χ2v) is 5.30. The van der Waals surface area contributed by atoms with Gasteiger partial charge in [0.2, 0.25) is 5.82 Å². The smallest absolute Gasteiger partial charge is 0.356 e. The first-order valence-electron chi connectivity index (χ1n) is 5.63. The summed E-state index contributed by atoms with van der Waals surface area (Å²) < 4.78 is 37.9. The van der Waals surface area contributed by atoms with Gasteiger partial charge in [0.15, 0.2) is 0 Å². The molecule has 1 atom stereocenters. The molecule has 0 saturated carbocycles. The van der Waals surface area contributed by atoms with Crippen LogP contribution < -0.4 is 4.90 Å². The van der Waals surface area contributed by atoms with E-state index in [-0.39, 0.29) is 17.0 Å². The maximum atomic E-state index is 12.6. The molecule has 0 spiro atoms. The van der Waals surface area contributed by atoms with Gasteiger partial charge in [0.05, 0.1) is 0 Å². The minimum atomic E-state index is -4.60. The first-order valence-corrected chi connectivity index (χ1v) is 7.40. The third kappa shape index (κ3) is 4.42. The molecular formula is C11H15ClF3N3S. The van der Waals surface area contributed by atoms with Crippen LogP contribution in [0.15, 0.2) is 6.07 Å². The largest absolute Gasteiger partial charge is 0.451 e. The lowest BCUT2D eigenvalue weighted by Crippen LogP contribution is -2.34. The molecule has 0 radical (unpaired) electrons. The van der Waals surface area contributed by atoms with E-state index in [0.29, 0.717) is 0 Å². The molecule has 3 nitrogen and oxygen atoms in total. The van der Waals surface area contributed by atoms with E-state index in [0.717, 1.165) is 12.2 Å². The highest BCUT2D eigenvalue weighted by atomic mass is 35.5. The summed E-state index contributed by atoms with van der Waals surface area (Å²) in [4.78, 5) is 8.48. The summed E-state index contributed by atoms with van der Waals surface area (Å²) in [5.74, 6) is -0.218. The molecule has 0 aliphatic rings. The zero-order chi connectivity index (χ0) is 14.6. The predicted octanol–water partition coefficient (Wildman–Crippen LogP) is 3.73. The van der Waals surface area contributed by atoms with Crippen LogP contribution in [0.3, 0.4) is 0 Å². The number of hydrogen-bond acceptors (Lipinski definition) is 4. The van der Waals surface area contributed by atoms with Crippen LogP contribution >= 0.6 is 23.4 Å². The molecule has 0 fully saturated rings. The summed E-state index contributed by atoms with van der Waals surface area (Å²) in [6.45, 7) is 1.98. The standard InChI is InChI=1S/C11H15ClF3N3S/c1-4-7(6-19-3)18(2)9-5-8(12)16-10(17-9)11(13,14)15/h5,7H,4,6H2,1-3H3. The van der Waals surface area contributed by atoms with Crippen LogP contribution in [0.2, 0.25) is 5.15 Å². The molecule has 0 aromatic carbocycles. The molecule has 108 valence electrons. The van der Waals surface area contributed by atoms with E-state index in [1.165, 1.54) is 6.07 Å². The van der Waals surface area contributed by atoms with Crippen molar-refractivity contribution in [1.82, 2.24) is 9.97 Å². The van der Waals surface area contributed by atoms with Gasteiger partial charge in [0.1, 0.15) is 11.0 Å². The molecule has 1 heterocycles. The number of thioether (sulfide) groups is 1. The normalized spacial score (nSPS) is 13.4. The highest BCUT2D eigenvalue weighted by Crippen LogP contribution is 2.29. The van der Waals surface area contributed by atoms with Crippen molar-refractivity contribution in [3.05, 3.63) is 17.0 Å². The third-order valence-corrected chi connectivity index (χ3v) is 3.59. The topological polar surface area (TPSA) is 29.0 Å². The lowest BCUT2D eigenvalue weighted by Gasteiger charge is -2.28. The van der Waals surface area contributed by atoms with Gasteiger partial charge in [-0.05, 0) is 12.7 Å². The van der Waals surface area contributed by atoms with Crippen molar-refractivity contribution in [2.45, 2.75) is 25.6 Å². The van der Waals surface area contributed by atoms with E-state index < -0.39 is 12.0 Å². The van der Waals surface area contributed by atoms with Crippen molar-refractivity contribution >= 4 is 29.2 Å². The average Bonchev–Trinajstić information content (AvgIpc) is 2.33. The number of aromatic nitrogens is 2. The maximum Gasteiger partial charge on any atom is 0.451 e. The van der Waals surface area contributed by atoms with Crippen LogP contribution in [0.1, 0.15) is 19.2 Å². The van der Waals surface area contributed by atoms with E-state index in [1.54, 1.807) is 23.7 Å². The molecule has 1 aromatic heterocycles. The van der Waals surface area contributed by atoms with Crippen LogP contribution in [0.25, 0.3) is 0 Å². The molecule has 0 amide bonds. The minimum Gasteiger partial charge on any atom is -0.356 e. The van der Waals surface area contributed by atoms with E-state index in [2.05, 4.69) is 9.97 Å². The van der Waals surface area contributed by atoms with Gasteiger partial charge in [-0.2, -0.15) is 24.9 Å². The maximum absolute atomic E-state index is 12.6. The second kappa shape index (κ2) is 6.65. The lowest BCUT2D eigenvalue weighted by atomic mass is 10.2. The third-order valence-electron chi connectivity index (χ3n) is 2.67. The Morgan fingerprint density at radius 1 is 1.42 bits per heavy atom. The van der Waals surface area contributed by atoms with Crippen LogP contribution in [0.5, 0.6) is 0 Å². The first kappa shape index (κ1) is 16.4. The van der Waals surface area contributed by atoms with Crippen LogP contribution in [-0.2, 0) is 6.18 Å². The number of anilines is 1. The van der Waals surface area contributed by atoms with Crippen molar-refractivity contribution in [2.75, 3.05) is 24.0 Å². The van der Waals surface area contributed by atoms with Gasteiger partial charge >= 0.3 is 6.18 Å². The Morgan fingerprint density at radius 3 is 2.53 bits per heavy atom. The second-order valence-electron chi connectivity index (χ2n) is 4.00. The minimum absolute atomic E-state index is 0.0991.